The fourth-order valence-electron chi connectivity index (χ4n) is 0.807. The first kappa shape index (κ1) is 8.93. The monoisotopic (exact) mass is 182 g/mol. The summed E-state index contributed by atoms with van der Waals surface area (Å²) >= 11 is 1.50. The van der Waals surface area contributed by atoms with Crippen LogP contribution in [0.1, 0.15) is 16.7 Å². The first-order valence-electron chi connectivity index (χ1n) is 3.52. The highest BCUT2D eigenvalue weighted by Gasteiger charge is 2.04. The molecule has 0 fully saturated rings. The SMILES string of the molecule is CC(=O)NC(=N)c1ccc(C)s1. The number of carbonyl (C=O) groups is 1. The van der Waals surface area contributed by atoms with Crippen molar-refractivity contribution < 1.29 is 4.79 Å². The van der Waals surface area contributed by atoms with Crippen molar-refractivity contribution in [2.45, 2.75) is 13.8 Å². The Morgan fingerprint density at radius 3 is 2.67 bits per heavy atom. The van der Waals surface area contributed by atoms with E-state index in [2.05, 4.69) is 5.32 Å². The molecular formula is C8H10N2OS. The average Bonchev–Trinajstić information content (AvgIpc) is 2.34. The number of amidine groups is 1. The lowest BCUT2D eigenvalue weighted by atomic mass is 10.4. The highest BCUT2D eigenvalue weighted by atomic mass is 32.1. The molecular weight excluding hydrogens is 172 g/mol. The van der Waals surface area contributed by atoms with Crippen LogP contribution in [0.2, 0.25) is 0 Å². The first-order valence-corrected chi connectivity index (χ1v) is 4.34. The van der Waals surface area contributed by atoms with Gasteiger partial charge in [-0.2, -0.15) is 0 Å². The summed E-state index contributed by atoms with van der Waals surface area (Å²) in [6.45, 7) is 3.37. The lowest BCUT2D eigenvalue weighted by Gasteiger charge is -1.99. The van der Waals surface area contributed by atoms with Crippen LogP contribution in [0.5, 0.6) is 0 Å². The molecule has 0 aliphatic rings. The summed E-state index contributed by atoms with van der Waals surface area (Å²) in [5, 5.41) is 9.88. The van der Waals surface area contributed by atoms with Gasteiger partial charge in [0.2, 0.25) is 5.91 Å². The first-order chi connectivity index (χ1) is 5.59. The minimum atomic E-state index is -0.203. The van der Waals surface area contributed by atoms with Gasteiger partial charge in [-0.15, -0.1) is 11.3 Å². The Morgan fingerprint density at radius 1 is 1.58 bits per heavy atom. The summed E-state index contributed by atoms with van der Waals surface area (Å²) in [5.74, 6) is -0.0216. The van der Waals surface area contributed by atoms with E-state index in [9.17, 15) is 4.79 Å². The quantitative estimate of drug-likeness (QED) is 0.502. The van der Waals surface area contributed by atoms with Gasteiger partial charge in [0.15, 0.2) is 0 Å². The van der Waals surface area contributed by atoms with E-state index in [1.54, 1.807) is 0 Å². The summed E-state index contributed by atoms with van der Waals surface area (Å²) in [4.78, 5) is 12.5. The van der Waals surface area contributed by atoms with Gasteiger partial charge in [-0.1, -0.05) is 0 Å². The van der Waals surface area contributed by atoms with Crippen LogP contribution in [-0.4, -0.2) is 11.7 Å². The van der Waals surface area contributed by atoms with Gasteiger partial charge in [0.1, 0.15) is 5.84 Å². The second kappa shape index (κ2) is 3.49. The van der Waals surface area contributed by atoms with E-state index in [1.165, 1.54) is 18.3 Å². The van der Waals surface area contributed by atoms with Crippen LogP contribution < -0.4 is 5.32 Å². The van der Waals surface area contributed by atoms with Crippen molar-refractivity contribution in [3.63, 3.8) is 0 Å². The molecule has 64 valence electrons. The minimum absolute atomic E-state index is 0.181. The highest BCUT2D eigenvalue weighted by molar-refractivity contribution is 7.14. The van der Waals surface area contributed by atoms with Crippen LogP contribution in [0.25, 0.3) is 0 Å². The van der Waals surface area contributed by atoms with Crippen LogP contribution in [0.4, 0.5) is 0 Å². The summed E-state index contributed by atoms with van der Waals surface area (Å²) in [7, 11) is 0. The molecule has 3 nitrogen and oxygen atoms in total. The van der Waals surface area contributed by atoms with Crippen molar-refractivity contribution in [1.29, 1.82) is 5.41 Å². The Hall–Kier alpha value is -1.16. The minimum Gasteiger partial charge on any atom is -0.310 e. The van der Waals surface area contributed by atoms with Crippen molar-refractivity contribution in [1.82, 2.24) is 5.32 Å². The number of aryl methyl sites for hydroxylation is 1. The molecule has 0 bridgehead atoms. The number of thiophene rings is 1. The number of hydrogen-bond acceptors (Lipinski definition) is 3. The molecule has 2 N–H and O–H groups in total. The molecule has 0 radical (unpaired) electrons. The fourth-order valence-corrected chi connectivity index (χ4v) is 1.58. The summed E-state index contributed by atoms with van der Waals surface area (Å²) in [6, 6.07) is 3.76. The normalized spacial score (nSPS) is 9.50. The van der Waals surface area contributed by atoms with Gasteiger partial charge in [-0.25, -0.2) is 0 Å². The van der Waals surface area contributed by atoms with Crippen LogP contribution in [0.3, 0.4) is 0 Å². The molecule has 0 aromatic carbocycles. The largest absolute Gasteiger partial charge is 0.310 e. The van der Waals surface area contributed by atoms with E-state index in [-0.39, 0.29) is 11.7 Å². The van der Waals surface area contributed by atoms with Crippen LogP contribution >= 0.6 is 11.3 Å². The van der Waals surface area contributed by atoms with Gasteiger partial charge in [0, 0.05) is 11.8 Å². The lowest BCUT2D eigenvalue weighted by molar-refractivity contribution is -0.117. The van der Waals surface area contributed by atoms with Gasteiger partial charge < -0.3 is 5.32 Å². The molecule has 0 atom stereocenters. The van der Waals surface area contributed by atoms with Gasteiger partial charge in [0.25, 0.3) is 0 Å². The van der Waals surface area contributed by atoms with Crippen molar-refractivity contribution in [3.05, 3.63) is 21.9 Å². The molecule has 1 amide bonds. The van der Waals surface area contributed by atoms with Crippen molar-refractivity contribution in [3.8, 4) is 0 Å². The van der Waals surface area contributed by atoms with E-state index >= 15 is 0 Å². The van der Waals surface area contributed by atoms with Crippen LogP contribution in [0.15, 0.2) is 12.1 Å². The second-order valence-corrected chi connectivity index (χ2v) is 3.75. The molecule has 4 heteroatoms. The molecule has 1 aromatic heterocycles. The Bertz CT molecular complexity index is 317. The molecule has 0 saturated heterocycles. The number of hydrogen-bond donors (Lipinski definition) is 2. The number of rotatable bonds is 1. The predicted molar refractivity (Wildman–Crippen MR) is 49.7 cm³/mol. The molecule has 0 saturated carbocycles. The average molecular weight is 182 g/mol. The molecule has 0 spiro atoms. The van der Waals surface area contributed by atoms with Crippen LogP contribution in [0, 0.1) is 12.3 Å². The van der Waals surface area contributed by atoms with Crippen molar-refractivity contribution in [2.75, 3.05) is 0 Å². The molecule has 0 aliphatic heterocycles. The van der Waals surface area contributed by atoms with Gasteiger partial charge in [-0.3, -0.25) is 10.2 Å². The Kier molecular flexibility index (Phi) is 2.60. The third-order valence-electron chi connectivity index (χ3n) is 1.29. The van der Waals surface area contributed by atoms with Crippen molar-refractivity contribution in [2.24, 2.45) is 0 Å². The van der Waals surface area contributed by atoms with Gasteiger partial charge in [0.05, 0.1) is 4.88 Å². The molecule has 0 unspecified atom stereocenters. The summed E-state index contributed by atoms with van der Waals surface area (Å²) in [6.07, 6.45) is 0. The van der Waals surface area contributed by atoms with Gasteiger partial charge >= 0.3 is 0 Å². The maximum absolute atomic E-state index is 10.6. The summed E-state index contributed by atoms with van der Waals surface area (Å²) in [5.41, 5.74) is 0. The predicted octanol–water partition coefficient (Wildman–Crippen LogP) is 1.52. The zero-order chi connectivity index (χ0) is 9.14. The Balaban J connectivity index is 2.72. The topological polar surface area (TPSA) is 53.0 Å². The standard InChI is InChI=1S/C8H10N2OS/c1-5-3-4-7(12-5)8(9)10-6(2)11/h3-4H,1-2H3,(H2,9,10,11). The molecule has 12 heavy (non-hydrogen) atoms. The van der Waals surface area contributed by atoms with E-state index < -0.39 is 0 Å². The van der Waals surface area contributed by atoms with Crippen LogP contribution in [-0.2, 0) is 4.79 Å². The van der Waals surface area contributed by atoms with E-state index in [1.807, 2.05) is 19.1 Å². The third kappa shape index (κ3) is 2.17. The lowest BCUT2D eigenvalue weighted by Crippen LogP contribution is -2.27. The van der Waals surface area contributed by atoms with E-state index in [0.717, 1.165) is 9.75 Å². The number of amides is 1. The highest BCUT2D eigenvalue weighted by Crippen LogP contribution is 2.14. The Morgan fingerprint density at radius 2 is 2.25 bits per heavy atom. The third-order valence-corrected chi connectivity index (χ3v) is 2.31. The zero-order valence-corrected chi connectivity index (χ0v) is 7.79. The molecule has 0 aliphatic carbocycles. The molecule has 1 rings (SSSR count). The van der Waals surface area contributed by atoms with Gasteiger partial charge in [-0.05, 0) is 19.1 Å². The van der Waals surface area contributed by atoms with Crippen molar-refractivity contribution >= 4 is 23.1 Å². The molecule has 1 aromatic rings. The Labute approximate surface area is 74.9 Å². The van der Waals surface area contributed by atoms with E-state index in [4.69, 9.17) is 5.41 Å². The maximum atomic E-state index is 10.6. The molecule has 1 heterocycles. The fraction of sp³-hybridized carbons (Fsp3) is 0.250. The number of nitrogens with one attached hydrogen (secondary N) is 2. The zero-order valence-electron chi connectivity index (χ0n) is 6.97. The number of carbonyl (C=O) groups excluding carboxylic acids is 1. The van der Waals surface area contributed by atoms with E-state index in [0.29, 0.717) is 0 Å². The maximum Gasteiger partial charge on any atom is 0.222 e. The second-order valence-electron chi connectivity index (χ2n) is 2.47. The summed E-state index contributed by atoms with van der Waals surface area (Å²) < 4.78 is 0. The smallest absolute Gasteiger partial charge is 0.222 e.